The first-order valence-corrected chi connectivity index (χ1v) is 10.7. The number of carbonyl (C=O) groups excluding carboxylic acids is 5. The van der Waals surface area contributed by atoms with Gasteiger partial charge in [-0.1, -0.05) is 30.3 Å². The minimum atomic E-state index is -1.35. The summed E-state index contributed by atoms with van der Waals surface area (Å²) in [7, 11) is 0. The summed E-state index contributed by atoms with van der Waals surface area (Å²) in [6, 6.07) is 11.7. The highest BCUT2D eigenvalue weighted by molar-refractivity contribution is 6.11. The molecule has 0 radical (unpaired) electrons. The first kappa shape index (κ1) is 25.0. The van der Waals surface area contributed by atoms with Crippen LogP contribution in [0.15, 0.2) is 54.6 Å². The van der Waals surface area contributed by atoms with Crippen molar-refractivity contribution < 1.29 is 28.9 Å². The number of nitrogens with zero attached hydrogens (tertiary/aromatic N) is 1. The summed E-state index contributed by atoms with van der Waals surface area (Å²) in [5, 5.41) is 20.5. The van der Waals surface area contributed by atoms with E-state index in [2.05, 4.69) is 21.3 Å². The number of nitro groups is 1. The van der Waals surface area contributed by atoms with Gasteiger partial charge in [0.1, 0.15) is 6.04 Å². The fraction of sp³-hybridized carbons (Fsp3) is 0.261. The minimum Gasteiger partial charge on any atom is -0.345 e. The third kappa shape index (κ3) is 7.19. The second kappa shape index (κ2) is 11.5. The molecule has 12 nitrogen and oxygen atoms in total. The van der Waals surface area contributed by atoms with Crippen LogP contribution in [0.2, 0.25) is 0 Å². The Bertz CT molecular complexity index is 1130. The van der Waals surface area contributed by atoms with E-state index in [4.69, 9.17) is 0 Å². The lowest BCUT2D eigenvalue weighted by atomic mass is 10.0. The molecule has 3 rings (SSSR count). The van der Waals surface area contributed by atoms with Gasteiger partial charge in [-0.15, -0.1) is 0 Å². The van der Waals surface area contributed by atoms with Crippen LogP contribution < -0.4 is 21.3 Å². The zero-order valence-electron chi connectivity index (χ0n) is 18.5. The fourth-order valence-electron chi connectivity index (χ4n) is 3.38. The van der Waals surface area contributed by atoms with Crippen molar-refractivity contribution in [2.45, 2.75) is 31.3 Å². The number of carbonyl (C=O) groups is 5. The van der Waals surface area contributed by atoms with Crippen LogP contribution in [0.4, 0.5) is 11.4 Å². The maximum Gasteiger partial charge on any atom is 0.269 e. The van der Waals surface area contributed by atoms with E-state index in [0.29, 0.717) is 5.69 Å². The van der Waals surface area contributed by atoms with Crippen molar-refractivity contribution in [2.24, 2.45) is 0 Å². The van der Waals surface area contributed by atoms with Crippen LogP contribution >= 0.6 is 0 Å². The maximum absolute atomic E-state index is 12.9. The second-order valence-electron chi connectivity index (χ2n) is 7.79. The molecule has 35 heavy (non-hydrogen) atoms. The summed E-state index contributed by atoms with van der Waals surface area (Å²) >= 11 is 0. The lowest BCUT2D eigenvalue weighted by Gasteiger charge is -2.22. The van der Waals surface area contributed by atoms with E-state index in [1.807, 2.05) is 0 Å². The number of anilines is 1. The summed E-state index contributed by atoms with van der Waals surface area (Å²) in [5.74, 6) is -2.95. The predicted molar refractivity (Wildman–Crippen MR) is 123 cm³/mol. The molecule has 1 heterocycles. The molecule has 4 amide bonds. The average Bonchev–Trinajstić information content (AvgIpc) is 2.84. The van der Waals surface area contributed by atoms with Crippen LogP contribution in [0.3, 0.4) is 0 Å². The monoisotopic (exact) mass is 481 g/mol. The van der Waals surface area contributed by atoms with Crippen molar-refractivity contribution in [3.05, 3.63) is 70.3 Å². The Morgan fingerprint density at radius 3 is 2.37 bits per heavy atom. The largest absolute Gasteiger partial charge is 0.345 e. The Labute approximate surface area is 199 Å². The van der Waals surface area contributed by atoms with Crippen molar-refractivity contribution in [3.63, 3.8) is 0 Å². The third-order valence-electron chi connectivity index (χ3n) is 5.19. The van der Waals surface area contributed by atoms with E-state index < -0.39 is 53.0 Å². The van der Waals surface area contributed by atoms with Crippen LogP contribution in [0, 0.1) is 10.1 Å². The molecule has 182 valence electrons. The predicted octanol–water partition coefficient (Wildman–Crippen LogP) is 0.225. The number of non-ortho nitro benzene ring substituents is 1. The summed E-state index contributed by atoms with van der Waals surface area (Å²) < 4.78 is 0. The lowest BCUT2D eigenvalue weighted by Crippen LogP contribution is -2.56. The van der Waals surface area contributed by atoms with Crippen LogP contribution in [0.5, 0.6) is 0 Å². The van der Waals surface area contributed by atoms with Crippen molar-refractivity contribution >= 4 is 40.8 Å². The van der Waals surface area contributed by atoms with Crippen LogP contribution in [0.1, 0.15) is 18.4 Å². The standard InChI is InChI=1S/C23H23N5O7/c29-18-10-11-19(30)27-21(18)23(33)24-13-20(31)26-17(12-14-4-2-1-3-5-14)22(32)25-15-6-8-16(9-7-15)28(34)35/h1-9,17,21H,10-13H2,(H,24,33)(H,25,32)(H,26,31)(H,27,30)/t17-,21?/m0/s1. The third-order valence-corrected chi connectivity index (χ3v) is 5.19. The summed E-state index contributed by atoms with van der Waals surface area (Å²) in [5.41, 5.74) is 0.921. The number of benzene rings is 2. The molecule has 1 unspecified atom stereocenters. The molecule has 0 spiro atoms. The highest BCUT2D eigenvalue weighted by atomic mass is 16.6. The SMILES string of the molecule is O=C1CCC(=O)C(C(=O)NCC(=O)N[C@@H](Cc2ccccc2)C(=O)Nc2ccc([N+](=O)[O-])cc2)N1. The molecule has 2 atom stereocenters. The quantitative estimate of drug-likeness (QED) is 0.225. The van der Waals surface area contributed by atoms with Crippen molar-refractivity contribution in [1.29, 1.82) is 0 Å². The van der Waals surface area contributed by atoms with Gasteiger partial charge in [-0.3, -0.25) is 34.1 Å². The van der Waals surface area contributed by atoms with Crippen molar-refractivity contribution in [1.82, 2.24) is 16.0 Å². The highest BCUT2D eigenvalue weighted by Crippen LogP contribution is 2.16. The molecule has 0 aromatic heterocycles. The number of nitrogens with one attached hydrogen (secondary N) is 4. The number of piperidine rings is 1. The van der Waals surface area contributed by atoms with Gasteiger partial charge in [0.2, 0.25) is 17.7 Å². The molecular weight excluding hydrogens is 458 g/mol. The van der Waals surface area contributed by atoms with Gasteiger partial charge < -0.3 is 21.3 Å². The van der Waals surface area contributed by atoms with Crippen molar-refractivity contribution in [3.8, 4) is 0 Å². The van der Waals surface area contributed by atoms with Gasteiger partial charge in [0.25, 0.3) is 11.6 Å². The summed E-state index contributed by atoms with van der Waals surface area (Å²) in [6.45, 7) is -0.519. The van der Waals surface area contributed by atoms with Gasteiger partial charge in [-0.05, 0) is 17.7 Å². The Morgan fingerprint density at radius 2 is 1.71 bits per heavy atom. The number of hydrogen-bond donors (Lipinski definition) is 4. The first-order valence-electron chi connectivity index (χ1n) is 10.7. The second-order valence-corrected chi connectivity index (χ2v) is 7.79. The Balaban J connectivity index is 1.63. The van der Waals surface area contributed by atoms with E-state index in [1.165, 1.54) is 24.3 Å². The van der Waals surface area contributed by atoms with Crippen LogP contribution in [-0.4, -0.2) is 53.0 Å². The Kier molecular flexibility index (Phi) is 8.22. The van der Waals surface area contributed by atoms with Gasteiger partial charge in [-0.2, -0.15) is 0 Å². The smallest absolute Gasteiger partial charge is 0.269 e. The molecule has 12 heteroatoms. The molecule has 1 saturated heterocycles. The Morgan fingerprint density at radius 1 is 1.03 bits per heavy atom. The number of amides is 4. The van der Waals surface area contributed by atoms with E-state index in [1.54, 1.807) is 30.3 Å². The van der Waals surface area contributed by atoms with Gasteiger partial charge in [0, 0.05) is 37.1 Å². The van der Waals surface area contributed by atoms with E-state index in [-0.39, 0.29) is 24.9 Å². The number of nitro benzene ring substituents is 1. The average molecular weight is 481 g/mol. The Hall–Kier alpha value is -4.61. The van der Waals surface area contributed by atoms with Gasteiger partial charge in [0.15, 0.2) is 11.8 Å². The molecule has 1 aliphatic heterocycles. The minimum absolute atomic E-state index is 0.00807. The molecular formula is C23H23N5O7. The van der Waals surface area contributed by atoms with Gasteiger partial charge in [-0.25, -0.2) is 0 Å². The zero-order chi connectivity index (χ0) is 25.4. The molecule has 2 aromatic carbocycles. The first-order chi connectivity index (χ1) is 16.7. The number of rotatable bonds is 9. The summed E-state index contributed by atoms with van der Waals surface area (Å²) in [4.78, 5) is 71.2. The number of Topliss-reactive ketones (excluding diaryl/α,β-unsaturated/α-hetero) is 1. The fourth-order valence-corrected chi connectivity index (χ4v) is 3.38. The molecule has 0 saturated carbocycles. The van der Waals surface area contributed by atoms with Gasteiger partial charge >= 0.3 is 0 Å². The maximum atomic E-state index is 12.9. The van der Waals surface area contributed by atoms with E-state index in [0.717, 1.165) is 5.56 Å². The molecule has 1 aliphatic rings. The van der Waals surface area contributed by atoms with E-state index in [9.17, 15) is 34.1 Å². The normalized spacial score (nSPS) is 15.9. The molecule has 1 fully saturated rings. The number of ketones is 1. The number of hydrogen-bond acceptors (Lipinski definition) is 7. The van der Waals surface area contributed by atoms with Gasteiger partial charge in [0.05, 0.1) is 11.5 Å². The molecule has 0 bridgehead atoms. The lowest BCUT2D eigenvalue weighted by molar-refractivity contribution is -0.384. The van der Waals surface area contributed by atoms with Crippen LogP contribution in [-0.2, 0) is 30.4 Å². The molecule has 4 N–H and O–H groups in total. The van der Waals surface area contributed by atoms with Crippen molar-refractivity contribution in [2.75, 3.05) is 11.9 Å². The van der Waals surface area contributed by atoms with E-state index >= 15 is 0 Å². The topological polar surface area (TPSA) is 177 Å². The van der Waals surface area contributed by atoms with Crippen LogP contribution in [0.25, 0.3) is 0 Å². The zero-order valence-corrected chi connectivity index (χ0v) is 18.5. The molecule has 2 aromatic rings. The summed E-state index contributed by atoms with van der Waals surface area (Å²) in [6.07, 6.45) is 0.0860. The molecule has 0 aliphatic carbocycles. The highest BCUT2D eigenvalue weighted by Gasteiger charge is 2.32.